The normalized spacial score (nSPS) is 17.5. The SMILES string of the molecule is Cc1ccc2nc([C@@H]3CCCN3C(=O)CCCn3cccn3)[nH]c2c1. The summed E-state index contributed by atoms with van der Waals surface area (Å²) in [5.41, 5.74) is 3.23. The molecule has 1 fully saturated rings. The summed E-state index contributed by atoms with van der Waals surface area (Å²) in [6.45, 7) is 3.67. The van der Waals surface area contributed by atoms with E-state index in [0.29, 0.717) is 6.42 Å². The molecule has 0 bridgehead atoms. The van der Waals surface area contributed by atoms with E-state index in [1.807, 2.05) is 27.9 Å². The quantitative estimate of drug-likeness (QED) is 0.777. The zero-order valence-electron chi connectivity index (χ0n) is 14.5. The molecule has 3 aromatic rings. The van der Waals surface area contributed by atoms with E-state index in [0.717, 1.165) is 49.2 Å². The Balaban J connectivity index is 1.44. The molecular formula is C19H23N5O. The second-order valence-corrected chi connectivity index (χ2v) is 6.76. The van der Waals surface area contributed by atoms with Crippen molar-refractivity contribution < 1.29 is 4.79 Å². The number of nitrogens with one attached hydrogen (secondary N) is 1. The Morgan fingerprint density at radius 2 is 2.32 bits per heavy atom. The molecule has 1 N–H and O–H groups in total. The van der Waals surface area contributed by atoms with Crippen molar-refractivity contribution in [2.45, 2.75) is 45.2 Å². The number of carbonyl (C=O) groups is 1. The molecule has 0 saturated carbocycles. The minimum absolute atomic E-state index is 0.0740. The molecule has 0 unspecified atom stereocenters. The van der Waals surface area contributed by atoms with Crippen molar-refractivity contribution >= 4 is 16.9 Å². The number of H-pyrrole nitrogens is 1. The Labute approximate surface area is 146 Å². The summed E-state index contributed by atoms with van der Waals surface area (Å²) in [6, 6.07) is 8.19. The lowest BCUT2D eigenvalue weighted by Gasteiger charge is -2.23. The highest BCUT2D eigenvalue weighted by molar-refractivity contribution is 5.78. The van der Waals surface area contributed by atoms with Gasteiger partial charge in [-0.2, -0.15) is 5.10 Å². The second kappa shape index (κ2) is 6.70. The summed E-state index contributed by atoms with van der Waals surface area (Å²) >= 11 is 0. The largest absolute Gasteiger partial charge is 0.340 e. The van der Waals surface area contributed by atoms with Gasteiger partial charge in [-0.15, -0.1) is 0 Å². The summed E-state index contributed by atoms with van der Waals surface area (Å²) in [5, 5.41) is 4.18. The van der Waals surface area contributed by atoms with Crippen LogP contribution in [0.1, 0.15) is 43.1 Å². The van der Waals surface area contributed by atoms with E-state index in [1.54, 1.807) is 6.20 Å². The molecule has 6 nitrogen and oxygen atoms in total. The van der Waals surface area contributed by atoms with E-state index in [2.05, 4.69) is 29.1 Å². The Hall–Kier alpha value is -2.63. The van der Waals surface area contributed by atoms with Gasteiger partial charge in [-0.1, -0.05) is 6.07 Å². The van der Waals surface area contributed by atoms with Crippen LogP contribution in [0.15, 0.2) is 36.7 Å². The monoisotopic (exact) mass is 337 g/mol. The Kier molecular flexibility index (Phi) is 4.26. The van der Waals surface area contributed by atoms with Crippen LogP contribution in [0.25, 0.3) is 11.0 Å². The number of aryl methyl sites for hydroxylation is 2. The van der Waals surface area contributed by atoms with E-state index in [4.69, 9.17) is 4.98 Å². The van der Waals surface area contributed by atoms with Crippen LogP contribution in [0.2, 0.25) is 0 Å². The molecule has 2 aromatic heterocycles. The third kappa shape index (κ3) is 3.29. The van der Waals surface area contributed by atoms with Crippen LogP contribution >= 0.6 is 0 Å². The van der Waals surface area contributed by atoms with Crippen LogP contribution in [-0.2, 0) is 11.3 Å². The number of hydrogen-bond acceptors (Lipinski definition) is 3. The Bertz CT molecular complexity index is 867. The molecule has 0 radical (unpaired) electrons. The molecule has 25 heavy (non-hydrogen) atoms. The van der Waals surface area contributed by atoms with Crippen LogP contribution in [0.4, 0.5) is 0 Å². The summed E-state index contributed by atoms with van der Waals surface area (Å²) in [6.07, 6.45) is 7.06. The molecule has 0 aliphatic carbocycles. The molecule has 6 heteroatoms. The number of likely N-dealkylation sites (tertiary alicyclic amines) is 1. The van der Waals surface area contributed by atoms with Gasteiger partial charge < -0.3 is 9.88 Å². The molecular weight excluding hydrogens is 314 g/mol. The maximum atomic E-state index is 12.7. The van der Waals surface area contributed by atoms with E-state index in [1.165, 1.54) is 5.56 Å². The van der Waals surface area contributed by atoms with E-state index in [9.17, 15) is 4.79 Å². The zero-order chi connectivity index (χ0) is 17.2. The number of benzene rings is 1. The van der Waals surface area contributed by atoms with Crippen LogP contribution in [0.3, 0.4) is 0 Å². The molecule has 1 aliphatic heterocycles. The first-order valence-electron chi connectivity index (χ1n) is 8.94. The number of imidazole rings is 1. The lowest BCUT2D eigenvalue weighted by atomic mass is 10.2. The molecule has 4 rings (SSSR count). The molecule has 1 aliphatic rings. The lowest BCUT2D eigenvalue weighted by molar-refractivity contribution is -0.132. The van der Waals surface area contributed by atoms with Crippen LogP contribution in [-0.4, -0.2) is 37.1 Å². The van der Waals surface area contributed by atoms with E-state index >= 15 is 0 Å². The molecule has 1 aromatic carbocycles. The Morgan fingerprint density at radius 1 is 1.40 bits per heavy atom. The van der Waals surface area contributed by atoms with Crippen molar-refractivity contribution in [1.82, 2.24) is 24.6 Å². The van der Waals surface area contributed by atoms with Gasteiger partial charge >= 0.3 is 0 Å². The highest BCUT2D eigenvalue weighted by Gasteiger charge is 2.31. The van der Waals surface area contributed by atoms with Gasteiger partial charge in [0, 0.05) is 31.9 Å². The van der Waals surface area contributed by atoms with E-state index < -0.39 is 0 Å². The fourth-order valence-electron chi connectivity index (χ4n) is 3.62. The molecule has 1 saturated heterocycles. The number of fused-ring (bicyclic) bond motifs is 1. The number of nitrogens with zero attached hydrogens (tertiary/aromatic N) is 4. The van der Waals surface area contributed by atoms with Gasteiger partial charge in [-0.3, -0.25) is 9.48 Å². The molecule has 1 amide bonds. The van der Waals surface area contributed by atoms with Gasteiger partial charge in [-0.25, -0.2) is 4.98 Å². The third-order valence-corrected chi connectivity index (χ3v) is 4.88. The standard InChI is InChI=1S/C19H23N5O/c1-14-7-8-15-16(13-14)22-19(21-15)17-5-2-12-24(17)18(25)6-3-10-23-11-4-9-20-23/h4,7-9,11,13,17H,2-3,5-6,10,12H2,1H3,(H,21,22)/t17-/m0/s1. The maximum Gasteiger partial charge on any atom is 0.223 e. The topological polar surface area (TPSA) is 66.8 Å². The average molecular weight is 337 g/mol. The highest BCUT2D eigenvalue weighted by Crippen LogP contribution is 2.32. The maximum absolute atomic E-state index is 12.7. The van der Waals surface area contributed by atoms with Crippen molar-refractivity contribution in [2.75, 3.05) is 6.54 Å². The average Bonchev–Trinajstić information content (AvgIpc) is 3.33. The first kappa shape index (κ1) is 15.9. The molecule has 3 heterocycles. The van der Waals surface area contributed by atoms with Gasteiger partial charge in [0.15, 0.2) is 0 Å². The van der Waals surface area contributed by atoms with Gasteiger partial charge in [0.05, 0.1) is 17.1 Å². The molecule has 1 atom stereocenters. The molecule has 0 spiro atoms. The first-order chi connectivity index (χ1) is 12.2. The fourth-order valence-corrected chi connectivity index (χ4v) is 3.62. The lowest BCUT2D eigenvalue weighted by Crippen LogP contribution is -2.31. The van der Waals surface area contributed by atoms with Crippen LogP contribution < -0.4 is 0 Å². The summed E-state index contributed by atoms with van der Waals surface area (Å²) in [5.74, 6) is 1.13. The van der Waals surface area contributed by atoms with Crippen molar-refractivity contribution in [3.8, 4) is 0 Å². The minimum Gasteiger partial charge on any atom is -0.340 e. The second-order valence-electron chi connectivity index (χ2n) is 6.76. The molecule has 130 valence electrons. The van der Waals surface area contributed by atoms with Gasteiger partial charge in [0.2, 0.25) is 5.91 Å². The van der Waals surface area contributed by atoms with Crippen molar-refractivity contribution in [3.05, 3.63) is 48.0 Å². The van der Waals surface area contributed by atoms with Crippen molar-refractivity contribution in [2.24, 2.45) is 0 Å². The number of hydrogen-bond donors (Lipinski definition) is 1. The fraction of sp³-hybridized carbons (Fsp3) is 0.421. The van der Waals surface area contributed by atoms with Gasteiger partial charge in [0.25, 0.3) is 0 Å². The predicted octanol–water partition coefficient (Wildman–Crippen LogP) is 3.21. The number of amides is 1. The number of aromatic nitrogens is 4. The van der Waals surface area contributed by atoms with Gasteiger partial charge in [0.1, 0.15) is 5.82 Å². The third-order valence-electron chi connectivity index (χ3n) is 4.88. The van der Waals surface area contributed by atoms with Crippen LogP contribution in [0, 0.1) is 6.92 Å². The summed E-state index contributed by atoms with van der Waals surface area (Å²) in [4.78, 5) is 22.8. The zero-order valence-corrected chi connectivity index (χ0v) is 14.5. The van der Waals surface area contributed by atoms with Crippen molar-refractivity contribution in [3.63, 3.8) is 0 Å². The summed E-state index contributed by atoms with van der Waals surface area (Å²) < 4.78 is 1.87. The van der Waals surface area contributed by atoms with E-state index in [-0.39, 0.29) is 11.9 Å². The van der Waals surface area contributed by atoms with Crippen LogP contribution in [0.5, 0.6) is 0 Å². The highest BCUT2D eigenvalue weighted by atomic mass is 16.2. The summed E-state index contributed by atoms with van der Waals surface area (Å²) in [7, 11) is 0. The minimum atomic E-state index is 0.0740. The van der Waals surface area contributed by atoms with Gasteiger partial charge in [-0.05, 0) is 49.9 Å². The number of rotatable bonds is 5. The number of aromatic amines is 1. The number of carbonyl (C=O) groups excluding carboxylic acids is 1. The Morgan fingerprint density at radius 3 is 3.16 bits per heavy atom. The smallest absolute Gasteiger partial charge is 0.223 e. The first-order valence-corrected chi connectivity index (χ1v) is 8.94. The predicted molar refractivity (Wildman–Crippen MR) is 96.0 cm³/mol. The van der Waals surface area contributed by atoms with Crippen molar-refractivity contribution in [1.29, 1.82) is 0 Å².